The monoisotopic (exact) mass is 288 g/mol. The molecule has 0 N–H and O–H groups in total. The number of ether oxygens (including phenoxy) is 4. The summed E-state index contributed by atoms with van der Waals surface area (Å²) in [6.45, 7) is 7.95. The molecule has 1 fully saturated rings. The van der Waals surface area contributed by atoms with Gasteiger partial charge in [-0.1, -0.05) is 39.5 Å². The molecule has 0 aromatic carbocycles. The molecule has 4 nitrogen and oxygen atoms in total. The van der Waals surface area contributed by atoms with Crippen LogP contribution in [0.5, 0.6) is 0 Å². The quantitative estimate of drug-likeness (QED) is 0.545. The normalized spacial score (nSPS) is 30.0. The second kappa shape index (κ2) is 10.6. The van der Waals surface area contributed by atoms with Crippen molar-refractivity contribution in [3.05, 3.63) is 0 Å². The van der Waals surface area contributed by atoms with Gasteiger partial charge >= 0.3 is 0 Å². The summed E-state index contributed by atoms with van der Waals surface area (Å²) in [5, 5.41) is 0. The molecule has 4 heteroatoms. The van der Waals surface area contributed by atoms with Crippen LogP contribution in [0.1, 0.15) is 59.3 Å². The molecule has 0 aliphatic carbocycles. The van der Waals surface area contributed by atoms with E-state index in [9.17, 15) is 0 Å². The molecule has 1 heterocycles. The van der Waals surface area contributed by atoms with Crippen LogP contribution in [-0.4, -0.2) is 44.9 Å². The summed E-state index contributed by atoms with van der Waals surface area (Å²) in [6.07, 6.45) is 6.59. The third-order valence-electron chi connectivity index (χ3n) is 3.75. The lowest BCUT2D eigenvalue weighted by atomic mass is 10.1. The first-order valence-electron chi connectivity index (χ1n) is 8.16. The van der Waals surface area contributed by atoms with Gasteiger partial charge in [-0.2, -0.15) is 0 Å². The van der Waals surface area contributed by atoms with Crippen molar-refractivity contribution in [3.63, 3.8) is 0 Å². The van der Waals surface area contributed by atoms with Crippen molar-refractivity contribution < 1.29 is 18.9 Å². The van der Waals surface area contributed by atoms with Crippen molar-refractivity contribution in [1.82, 2.24) is 0 Å². The Morgan fingerprint density at radius 1 is 0.850 bits per heavy atom. The molecule has 0 aromatic rings. The predicted octanol–water partition coefficient (Wildman–Crippen LogP) is 3.53. The summed E-state index contributed by atoms with van der Waals surface area (Å²) in [5.74, 6) is 0. The fourth-order valence-electron chi connectivity index (χ4n) is 2.52. The van der Waals surface area contributed by atoms with Crippen molar-refractivity contribution in [1.29, 1.82) is 0 Å². The molecule has 0 amide bonds. The highest BCUT2D eigenvalue weighted by atomic mass is 16.7. The Kier molecular flexibility index (Phi) is 9.44. The van der Waals surface area contributed by atoms with Crippen LogP contribution in [0.4, 0.5) is 0 Å². The van der Waals surface area contributed by atoms with E-state index in [0.29, 0.717) is 0 Å². The highest BCUT2D eigenvalue weighted by Gasteiger charge is 2.44. The minimum atomic E-state index is -0.303. The van der Waals surface area contributed by atoms with Gasteiger partial charge in [-0.3, -0.25) is 0 Å². The number of methoxy groups -OCH3 is 1. The lowest BCUT2D eigenvalue weighted by molar-refractivity contribution is -0.162. The summed E-state index contributed by atoms with van der Waals surface area (Å²) in [7, 11) is 1.67. The van der Waals surface area contributed by atoms with Crippen LogP contribution in [-0.2, 0) is 18.9 Å². The molecular formula is C16H32O4. The second-order valence-electron chi connectivity index (χ2n) is 5.53. The standard InChI is InChI=1S/C16H32O4/c1-5-7-9-11-18-14-13(3)20-16(17-4)15(14)19-12-10-8-6-2/h13-16H,5-12H2,1-4H3/t13-,14-,15-,16+/m1/s1. The largest absolute Gasteiger partial charge is 0.373 e. The van der Waals surface area contributed by atoms with Gasteiger partial charge in [0.05, 0.1) is 6.10 Å². The van der Waals surface area contributed by atoms with Crippen LogP contribution in [0.2, 0.25) is 0 Å². The molecule has 0 bridgehead atoms. The molecule has 1 rings (SSSR count). The van der Waals surface area contributed by atoms with Crippen LogP contribution >= 0.6 is 0 Å². The zero-order chi connectivity index (χ0) is 14.8. The van der Waals surface area contributed by atoms with Crippen LogP contribution in [0.15, 0.2) is 0 Å². The van der Waals surface area contributed by atoms with Crippen molar-refractivity contribution in [2.45, 2.75) is 83.9 Å². The molecule has 20 heavy (non-hydrogen) atoms. The van der Waals surface area contributed by atoms with E-state index in [4.69, 9.17) is 18.9 Å². The van der Waals surface area contributed by atoms with E-state index in [0.717, 1.165) is 26.1 Å². The van der Waals surface area contributed by atoms with Crippen molar-refractivity contribution in [2.24, 2.45) is 0 Å². The first-order chi connectivity index (χ1) is 9.74. The fraction of sp³-hybridized carbons (Fsp3) is 1.00. The zero-order valence-electron chi connectivity index (χ0n) is 13.6. The van der Waals surface area contributed by atoms with Crippen molar-refractivity contribution in [2.75, 3.05) is 20.3 Å². The van der Waals surface area contributed by atoms with Gasteiger partial charge in [-0.05, 0) is 19.8 Å². The maximum Gasteiger partial charge on any atom is 0.186 e. The number of rotatable bonds is 11. The van der Waals surface area contributed by atoms with E-state index in [1.807, 2.05) is 6.92 Å². The molecule has 0 radical (unpaired) electrons. The first kappa shape index (κ1) is 17.9. The van der Waals surface area contributed by atoms with Gasteiger partial charge in [0.15, 0.2) is 6.29 Å². The molecule has 4 atom stereocenters. The Morgan fingerprint density at radius 3 is 1.90 bits per heavy atom. The highest BCUT2D eigenvalue weighted by molar-refractivity contribution is 4.87. The SMILES string of the molecule is CCCCCO[C@H]1[C@@H](OC)O[C@H](C)[C@H]1OCCCCC. The van der Waals surface area contributed by atoms with Crippen LogP contribution in [0, 0.1) is 0 Å². The molecule has 0 spiro atoms. The topological polar surface area (TPSA) is 36.9 Å². The van der Waals surface area contributed by atoms with Crippen LogP contribution in [0.25, 0.3) is 0 Å². The van der Waals surface area contributed by atoms with Crippen molar-refractivity contribution >= 4 is 0 Å². The Bertz CT molecular complexity index is 235. The maximum absolute atomic E-state index is 5.99. The third kappa shape index (κ3) is 5.68. The lowest BCUT2D eigenvalue weighted by Crippen LogP contribution is -2.38. The van der Waals surface area contributed by atoms with E-state index >= 15 is 0 Å². The van der Waals surface area contributed by atoms with E-state index in [1.165, 1.54) is 25.7 Å². The van der Waals surface area contributed by atoms with Crippen LogP contribution in [0.3, 0.4) is 0 Å². The molecule has 1 saturated heterocycles. The van der Waals surface area contributed by atoms with Crippen molar-refractivity contribution in [3.8, 4) is 0 Å². The molecule has 0 aromatic heterocycles. The fourth-order valence-corrected chi connectivity index (χ4v) is 2.52. The predicted molar refractivity (Wildman–Crippen MR) is 79.9 cm³/mol. The minimum absolute atomic E-state index is 0.0153. The van der Waals surface area contributed by atoms with E-state index < -0.39 is 0 Å². The highest BCUT2D eigenvalue weighted by Crippen LogP contribution is 2.27. The Morgan fingerprint density at radius 2 is 1.40 bits per heavy atom. The molecule has 1 aliphatic rings. The van der Waals surface area contributed by atoms with Gasteiger partial charge in [-0.15, -0.1) is 0 Å². The van der Waals surface area contributed by atoms with Gasteiger partial charge < -0.3 is 18.9 Å². The van der Waals surface area contributed by atoms with Crippen LogP contribution < -0.4 is 0 Å². The first-order valence-corrected chi connectivity index (χ1v) is 8.16. The van der Waals surface area contributed by atoms with E-state index in [2.05, 4.69) is 13.8 Å². The summed E-state index contributed by atoms with van der Waals surface area (Å²) >= 11 is 0. The van der Waals surface area contributed by atoms with E-state index in [1.54, 1.807) is 7.11 Å². The third-order valence-corrected chi connectivity index (χ3v) is 3.75. The van der Waals surface area contributed by atoms with Gasteiger partial charge in [-0.25, -0.2) is 0 Å². The van der Waals surface area contributed by atoms with E-state index in [-0.39, 0.29) is 24.6 Å². The van der Waals surface area contributed by atoms with Gasteiger partial charge in [0.25, 0.3) is 0 Å². The summed E-state index contributed by atoms with van der Waals surface area (Å²) in [6, 6.07) is 0. The Balaban J connectivity index is 2.40. The van der Waals surface area contributed by atoms with Gasteiger partial charge in [0.2, 0.25) is 0 Å². The summed E-state index contributed by atoms with van der Waals surface area (Å²) in [5.41, 5.74) is 0. The summed E-state index contributed by atoms with van der Waals surface area (Å²) in [4.78, 5) is 0. The van der Waals surface area contributed by atoms with Gasteiger partial charge in [0, 0.05) is 20.3 Å². The Hall–Kier alpha value is -0.160. The number of hydrogen-bond donors (Lipinski definition) is 0. The minimum Gasteiger partial charge on any atom is -0.373 e. The molecule has 0 saturated carbocycles. The lowest BCUT2D eigenvalue weighted by Gasteiger charge is -2.23. The molecule has 120 valence electrons. The average molecular weight is 288 g/mol. The summed E-state index contributed by atoms with van der Waals surface area (Å²) < 4.78 is 23.1. The number of unbranched alkanes of at least 4 members (excludes halogenated alkanes) is 4. The number of hydrogen-bond acceptors (Lipinski definition) is 4. The maximum atomic E-state index is 5.99. The zero-order valence-corrected chi connectivity index (χ0v) is 13.6. The van der Waals surface area contributed by atoms with Gasteiger partial charge in [0.1, 0.15) is 12.2 Å². The Labute approximate surface area is 124 Å². The molecule has 1 aliphatic heterocycles. The molecule has 0 unspecified atom stereocenters. The molecular weight excluding hydrogens is 256 g/mol. The average Bonchev–Trinajstić information content (AvgIpc) is 2.76. The smallest absolute Gasteiger partial charge is 0.186 e. The second-order valence-corrected chi connectivity index (χ2v) is 5.53.